The van der Waals surface area contributed by atoms with Crippen molar-refractivity contribution in [1.29, 1.82) is 0 Å². The first-order valence-electron chi connectivity index (χ1n) is 6.84. The van der Waals surface area contributed by atoms with E-state index in [-0.39, 0.29) is 0 Å². The number of hydrogen-bond acceptors (Lipinski definition) is 2. The Kier molecular flexibility index (Phi) is 5.44. The molecule has 0 unspecified atom stereocenters. The van der Waals surface area contributed by atoms with E-state index in [4.69, 9.17) is 5.11 Å². The third-order valence-corrected chi connectivity index (χ3v) is 3.45. The molecule has 1 N–H and O–H groups in total. The minimum Gasteiger partial charge on any atom is -0.481 e. The minimum atomic E-state index is -0.654. The second-order valence-corrected chi connectivity index (χ2v) is 6.33. The number of carboxylic acid groups (broad SMARTS) is 1. The van der Waals surface area contributed by atoms with Crippen LogP contribution in [0.5, 0.6) is 0 Å². The summed E-state index contributed by atoms with van der Waals surface area (Å²) in [5, 5.41) is 8.75. The molecule has 17 heavy (non-hydrogen) atoms. The predicted molar refractivity (Wildman–Crippen MR) is 70.0 cm³/mol. The Balaban J connectivity index is 2.37. The summed E-state index contributed by atoms with van der Waals surface area (Å²) < 4.78 is 0. The van der Waals surface area contributed by atoms with Gasteiger partial charge in [0.15, 0.2) is 0 Å². The van der Waals surface area contributed by atoms with Gasteiger partial charge in [-0.2, -0.15) is 0 Å². The second kappa shape index (κ2) is 6.39. The van der Waals surface area contributed by atoms with E-state index in [0.29, 0.717) is 18.4 Å². The molecule has 1 fully saturated rings. The van der Waals surface area contributed by atoms with Gasteiger partial charge in [0.25, 0.3) is 0 Å². The van der Waals surface area contributed by atoms with E-state index in [1.165, 1.54) is 12.8 Å². The summed E-state index contributed by atoms with van der Waals surface area (Å²) in [6.45, 7) is 11.0. The maximum atomic E-state index is 10.6. The Morgan fingerprint density at radius 1 is 1.18 bits per heavy atom. The third kappa shape index (κ3) is 5.07. The van der Waals surface area contributed by atoms with Crippen LogP contribution in [0.25, 0.3) is 0 Å². The van der Waals surface area contributed by atoms with Gasteiger partial charge >= 0.3 is 5.97 Å². The van der Waals surface area contributed by atoms with Crippen molar-refractivity contribution in [2.45, 2.75) is 53.0 Å². The molecular formula is C14H27NO2. The van der Waals surface area contributed by atoms with Crippen LogP contribution < -0.4 is 0 Å². The molecule has 0 atom stereocenters. The molecule has 1 rings (SSSR count). The summed E-state index contributed by atoms with van der Waals surface area (Å²) in [4.78, 5) is 13.1. The van der Waals surface area contributed by atoms with E-state index >= 15 is 0 Å². The van der Waals surface area contributed by atoms with Crippen molar-refractivity contribution in [2.24, 2.45) is 17.8 Å². The molecule has 0 saturated carbocycles. The Morgan fingerprint density at radius 2 is 1.65 bits per heavy atom. The van der Waals surface area contributed by atoms with Gasteiger partial charge in [0, 0.05) is 19.1 Å². The monoisotopic (exact) mass is 241 g/mol. The number of rotatable bonds is 7. The van der Waals surface area contributed by atoms with E-state index in [2.05, 4.69) is 32.6 Å². The van der Waals surface area contributed by atoms with Crippen molar-refractivity contribution in [3.05, 3.63) is 0 Å². The van der Waals surface area contributed by atoms with Gasteiger partial charge in [-0.25, -0.2) is 0 Å². The zero-order chi connectivity index (χ0) is 13.0. The summed E-state index contributed by atoms with van der Waals surface area (Å²) in [6, 6.07) is 0.653. The summed E-state index contributed by atoms with van der Waals surface area (Å²) in [6.07, 6.45) is 2.81. The van der Waals surface area contributed by atoms with Crippen molar-refractivity contribution < 1.29 is 9.90 Å². The normalized spacial score (nSPS) is 18.1. The number of nitrogens with zero attached hydrogens (tertiary/aromatic N) is 1. The third-order valence-electron chi connectivity index (χ3n) is 3.45. The average molecular weight is 241 g/mol. The topological polar surface area (TPSA) is 40.5 Å². The summed E-state index contributed by atoms with van der Waals surface area (Å²) in [7, 11) is 0. The van der Waals surface area contributed by atoms with Gasteiger partial charge in [-0.05, 0) is 30.6 Å². The fourth-order valence-electron chi connectivity index (χ4n) is 2.77. The number of aliphatic carboxylic acids is 1. The molecule has 1 aliphatic rings. The quantitative estimate of drug-likeness (QED) is 0.745. The lowest BCUT2D eigenvalue weighted by Gasteiger charge is -2.45. The fourth-order valence-corrected chi connectivity index (χ4v) is 2.77. The van der Waals surface area contributed by atoms with Crippen LogP contribution in [0, 0.1) is 17.8 Å². The van der Waals surface area contributed by atoms with Gasteiger partial charge in [0.05, 0.1) is 6.42 Å². The lowest BCUT2D eigenvalue weighted by Crippen LogP contribution is -2.53. The van der Waals surface area contributed by atoms with Crippen molar-refractivity contribution in [2.75, 3.05) is 13.1 Å². The molecular weight excluding hydrogens is 214 g/mol. The number of carboxylic acids is 1. The number of hydrogen-bond donors (Lipinski definition) is 1. The average Bonchev–Trinajstić information content (AvgIpc) is 2.07. The van der Waals surface area contributed by atoms with Gasteiger partial charge in [0.2, 0.25) is 0 Å². The standard InChI is InChI=1S/C14H27NO2/c1-10(2)5-13(6-11(3)4)15-8-12(9-15)7-14(16)17/h10-13H,5-9H2,1-4H3,(H,16,17). The van der Waals surface area contributed by atoms with Crippen LogP contribution >= 0.6 is 0 Å². The van der Waals surface area contributed by atoms with Crippen LogP contribution in [0.15, 0.2) is 0 Å². The van der Waals surface area contributed by atoms with Gasteiger partial charge in [-0.3, -0.25) is 9.69 Å². The SMILES string of the molecule is CC(C)CC(CC(C)C)N1CC(CC(=O)O)C1. The predicted octanol–water partition coefficient (Wildman–Crippen LogP) is 2.85. The molecule has 100 valence electrons. The van der Waals surface area contributed by atoms with Crippen LogP contribution in [-0.2, 0) is 4.79 Å². The molecule has 0 amide bonds. The second-order valence-electron chi connectivity index (χ2n) is 6.33. The van der Waals surface area contributed by atoms with Crippen LogP contribution in [0.3, 0.4) is 0 Å². The molecule has 1 aliphatic heterocycles. The first-order chi connectivity index (χ1) is 7.88. The number of carbonyl (C=O) groups is 1. The highest BCUT2D eigenvalue weighted by molar-refractivity contribution is 5.67. The van der Waals surface area contributed by atoms with Gasteiger partial charge in [-0.15, -0.1) is 0 Å². The smallest absolute Gasteiger partial charge is 0.303 e. The van der Waals surface area contributed by atoms with Gasteiger partial charge < -0.3 is 5.11 Å². The highest BCUT2D eigenvalue weighted by Gasteiger charge is 2.33. The van der Waals surface area contributed by atoms with Crippen molar-refractivity contribution in [3.8, 4) is 0 Å². The van der Waals surface area contributed by atoms with Crippen LogP contribution in [0.2, 0.25) is 0 Å². The molecule has 3 nitrogen and oxygen atoms in total. The van der Waals surface area contributed by atoms with E-state index in [0.717, 1.165) is 24.9 Å². The van der Waals surface area contributed by atoms with Gasteiger partial charge in [-0.1, -0.05) is 27.7 Å². The fraction of sp³-hybridized carbons (Fsp3) is 0.929. The Labute approximate surface area is 105 Å². The van der Waals surface area contributed by atoms with Crippen LogP contribution in [0.1, 0.15) is 47.0 Å². The van der Waals surface area contributed by atoms with E-state index in [9.17, 15) is 4.79 Å². The molecule has 0 radical (unpaired) electrons. The number of likely N-dealkylation sites (tertiary alicyclic amines) is 1. The molecule has 0 spiro atoms. The summed E-state index contributed by atoms with van der Waals surface area (Å²) in [5.74, 6) is 1.17. The maximum absolute atomic E-state index is 10.6. The molecule has 0 aromatic heterocycles. The highest BCUT2D eigenvalue weighted by Crippen LogP contribution is 2.28. The molecule has 0 aromatic rings. The minimum absolute atomic E-state index is 0.340. The van der Waals surface area contributed by atoms with Crippen molar-refractivity contribution >= 4 is 5.97 Å². The van der Waals surface area contributed by atoms with E-state index in [1.807, 2.05) is 0 Å². The van der Waals surface area contributed by atoms with E-state index in [1.54, 1.807) is 0 Å². The molecule has 1 heterocycles. The first-order valence-corrected chi connectivity index (χ1v) is 6.84. The Morgan fingerprint density at radius 3 is 2.00 bits per heavy atom. The van der Waals surface area contributed by atoms with Crippen LogP contribution in [-0.4, -0.2) is 35.1 Å². The summed E-state index contributed by atoms with van der Waals surface area (Å²) in [5.41, 5.74) is 0. The molecule has 0 aromatic carbocycles. The zero-order valence-electron chi connectivity index (χ0n) is 11.6. The molecule has 3 heteroatoms. The van der Waals surface area contributed by atoms with E-state index < -0.39 is 5.97 Å². The Bertz CT molecular complexity index is 235. The first kappa shape index (κ1) is 14.5. The highest BCUT2D eigenvalue weighted by atomic mass is 16.4. The lowest BCUT2D eigenvalue weighted by atomic mass is 9.88. The largest absolute Gasteiger partial charge is 0.481 e. The van der Waals surface area contributed by atoms with Crippen molar-refractivity contribution in [1.82, 2.24) is 4.90 Å². The molecule has 0 aliphatic carbocycles. The summed E-state index contributed by atoms with van der Waals surface area (Å²) >= 11 is 0. The van der Waals surface area contributed by atoms with Crippen LogP contribution in [0.4, 0.5) is 0 Å². The van der Waals surface area contributed by atoms with Crippen molar-refractivity contribution in [3.63, 3.8) is 0 Å². The van der Waals surface area contributed by atoms with Gasteiger partial charge in [0.1, 0.15) is 0 Å². The molecule has 0 bridgehead atoms. The Hall–Kier alpha value is -0.570. The zero-order valence-corrected chi connectivity index (χ0v) is 11.6. The molecule has 1 saturated heterocycles. The maximum Gasteiger partial charge on any atom is 0.303 e. The lowest BCUT2D eigenvalue weighted by molar-refractivity contribution is -0.140.